The standard InChI is InChI=1S/C12H27N3O2/c1-9(2)7-10(8-16)14-6-5-12(3,4)11(13)15-17/h9-10,14,16-17H,5-8H2,1-4H3,(H2,13,15). The molecule has 0 aliphatic heterocycles. The molecule has 0 aromatic heterocycles. The van der Waals surface area contributed by atoms with Crippen LogP contribution in [0.3, 0.4) is 0 Å². The number of rotatable bonds is 8. The monoisotopic (exact) mass is 245 g/mol. The van der Waals surface area contributed by atoms with Crippen LogP contribution < -0.4 is 11.1 Å². The maximum absolute atomic E-state index is 9.21. The van der Waals surface area contributed by atoms with Crippen LogP contribution >= 0.6 is 0 Å². The Morgan fingerprint density at radius 2 is 2.00 bits per heavy atom. The molecule has 5 nitrogen and oxygen atoms in total. The first-order valence-electron chi connectivity index (χ1n) is 6.15. The van der Waals surface area contributed by atoms with Crippen LogP contribution in [0.1, 0.15) is 40.5 Å². The summed E-state index contributed by atoms with van der Waals surface area (Å²) in [4.78, 5) is 0. The Morgan fingerprint density at radius 3 is 2.41 bits per heavy atom. The lowest BCUT2D eigenvalue weighted by atomic mass is 9.88. The Hall–Kier alpha value is -0.810. The molecule has 0 fully saturated rings. The molecule has 0 amide bonds. The lowest BCUT2D eigenvalue weighted by molar-refractivity contribution is 0.221. The van der Waals surface area contributed by atoms with Crippen molar-refractivity contribution in [3.8, 4) is 0 Å². The molecule has 0 bridgehead atoms. The SMILES string of the molecule is CC(C)CC(CO)NCCC(C)(C)C(N)=NO. The summed E-state index contributed by atoms with van der Waals surface area (Å²) in [7, 11) is 0. The van der Waals surface area contributed by atoms with E-state index in [0.29, 0.717) is 5.92 Å². The Labute approximate surface area is 104 Å². The first-order valence-corrected chi connectivity index (χ1v) is 6.15. The molecule has 0 spiro atoms. The quantitative estimate of drug-likeness (QED) is 0.223. The normalized spacial score (nSPS) is 15.3. The van der Waals surface area contributed by atoms with Crippen LogP contribution in [0.2, 0.25) is 0 Å². The Morgan fingerprint density at radius 1 is 1.41 bits per heavy atom. The van der Waals surface area contributed by atoms with E-state index in [1.54, 1.807) is 0 Å². The van der Waals surface area contributed by atoms with Gasteiger partial charge < -0.3 is 21.4 Å². The fraction of sp³-hybridized carbons (Fsp3) is 0.917. The Balaban J connectivity index is 4.04. The highest BCUT2D eigenvalue weighted by Gasteiger charge is 2.23. The van der Waals surface area contributed by atoms with Gasteiger partial charge >= 0.3 is 0 Å². The van der Waals surface area contributed by atoms with Gasteiger partial charge in [-0.25, -0.2) is 0 Å². The maximum atomic E-state index is 9.21. The van der Waals surface area contributed by atoms with Gasteiger partial charge in [0.05, 0.1) is 6.61 Å². The zero-order valence-electron chi connectivity index (χ0n) is 11.4. The minimum absolute atomic E-state index is 0.123. The van der Waals surface area contributed by atoms with Gasteiger partial charge in [-0.3, -0.25) is 0 Å². The third-order valence-corrected chi connectivity index (χ3v) is 2.96. The molecule has 0 aromatic carbocycles. The van der Waals surface area contributed by atoms with Crippen LogP contribution in [-0.4, -0.2) is 35.3 Å². The Kier molecular flexibility index (Phi) is 7.15. The predicted octanol–water partition coefficient (Wildman–Crippen LogP) is 1.15. The first-order chi connectivity index (χ1) is 7.83. The second-order valence-electron chi connectivity index (χ2n) is 5.58. The number of nitrogens with two attached hydrogens (primary N) is 1. The van der Waals surface area contributed by atoms with Crippen LogP contribution in [0, 0.1) is 11.3 Å². The van der Waals surface area contributed by atoms with Crippen LogP contribution in [0.4, 0.5) is 0 Å². The van der Waals surface area contributed by atoms with Crippen molar-refractivity contribution in [2.24, 2.45) is 22.2 Å². The summed E-state index contributed by atoms with van der Waals surface area (Å²) in [5.74, 6) is 0.792. The number of nitrogens with one attached hydrogen (secondary N) is 1. The second-order valence-corrected chi connectivity index (χ2v) is 5.58. The van der Waals surface area contributed by atoms with Crippen molar-refractivity contribution in [2.75, 3.05) is 13.2 Å². The number of amidine groups is 1. The zero-order chi connectivity index (χ0) is 13.5. The number of aliphatic hydroxyl groups excluding tert-OH is 1. The topological polar surface area (TPSA) is 90.9 Å². The molecule has 0 rings (SSSR count). The van der Waals surface area contributed by atoms with Gasteiger partial charge in [-0.05, 0) is 25.3 Å². The predicted molar refractivity (Wildman–Crippen MR) is 70.1 cm³/mol. The number of hydrogen-bond acceptors (Lipinski definition) is 4. The average Bonchev–Trinajstić information content (AvgIpc) is 2.25. The van der Waals surface area contributed by atoms with Gasteiger partial charge in [0, 0.05) is 11.5 Å². The summed E-state index contributed by atoms with van der Waals surface area (Å²) in [5, 5.41) is 24.2. The Bertz CT molecular complexity index is 240. The van der Waals surface area contributed by atoms with Crippen LogP contribution in [0.5, 0.6) is 0 Å². The van der Waals surface area contributed by atoms with Crippen LogP contribution in [0.15, 0.2) is 5.16 Å². The minimum Gasteiger partial charge on any atom is -0.409 e. The van der Waals surface area contributed by atoms with E-state index >= 15 is 0 Å². The lowest BCUT2D eigenvalue weighted by Crippen LogP contribution is -2.39. The highest BCUT2D eigenvalue weighted by Crippen LogP contribution is 2.19. The van der Waals surface area contributed by atoms with Crippen LogP contribution in [-0.2, 0) is 0 Å². The highest BCUT2D eigenvalue weighted by molar-refractivity contribution is 5.85. The molecule has 0 saturated heterocycles. The minimum atomic E-state index is -0.334. The summed E-state index contributed by atoms with van der Waals surface area (Å²) >= 11 is 0. The van der Waals surface area contributed by atoms with E-state index in [1.807, 2.05) is 13.8 Å². The van der Waals surface area contributed by atoms with E-state index in [0.717, 1.165) is 19.4 Å². The molecule has 0 aliphatic rings. The van der Waals surface area contributed by atoms with Crippen molar-refractivity contribution >= 4 is 5.84 Å². The molecule has 1 atom stereocenters. The fourth-order valence-electron chi connectivity index (χ4n) is 1.64. The zero-order valence-corrected chi connectivity index (χ0v) is 11.4. The van der Waals surface area contributed by atoms with E-state index < -0.39 is 0 Å². The van der Waals surface area contributed by atoms with Gasteiger partial charge in [0.2, 0.25) is 0 Å². The van der Waals surface area contributed by atoms with Crippen LogP contribution in [0.25, 0.3) is 0 Å². The maximum Gasteiger partial charge on any atom is 0.144 e. The van der Waals surface area contributed by atoms with Crippen molar-refractivity contribution in [1.82, 2.24) is 5.32 Å². The molecule has 1 unspecified atom stereocenters. The molecule has 0 aliphatic carbocycles. The summed E-state index contributed by atoms with van der Waals surface area (Å²) in [6.07, 6.45) is 1.71. The number of aliphatic hydroxyl groups is 1. The molecule has 5 heteroatoms. The van der Waals surface area contributed by atoms with E-state index in [4.69, 9.17) is 10.9 Å². The van der Waals surface area contributed by atoms with Gasteiger partial charge in [0.25, 0.3) is 0 Å². The largest absolute Gasteiger partial charge is 0.409 e. The fourth-order valence-corrected chi connectivity index (χ4v) is 1.64. The molecule has 0 saturated carbocycles. The van der Waals surface area contributed by atoms with Gasteiger partial charge in [-0.15, -0.1) is 0 Å². The summed E-state index contributed by atoms with van der Waals surface area (Å²) in [5.41, 5.74) is 5.27. The molecule has 17 heavy (non-hydrogen) atoms. The molecule has 0 aromatic rings. The summed E-state index contributed by atoms with van der Waals surface area (Å²) in [6.45, 7) is 9.00. The molecule has 102 valence electrons. The van der Waals surface area contributed by atoms with Crippen molar-refractivity contribution in [3.05, 3.63) is 0 Å². The molecule has 5 N–H and O–H groups in total. The molecule has 0 heterocycles. The number of oxime groups is 1. The third-order valence-electron chi connectivity index (χ3n) is 2.96. The number of hydrogen-bond donors (Lipinski definition) is 4. The van der Waals surface area contributed by atoms with E-state index in [2.05, 4.69) is 24.3 Å². The second kappa shape index (κ2) is 7.50. The molecular weight excluding hydrogens is 218 g/mol. The first kappa shape index (κ1) is 16.2. The molecule has 0 radical (unpaired) electrons. The van der Waals surface area contributed by atoms with E-state index in [1.165, 1.54) is 0 Å². The summed E-state index contributed by atoms with van der Waals surface area (Å²) in [6, 6.07) is 0.123. The highest BCUT2D eigenvalue weighted by atomic mass is 16.4. The smallest absolute Gasteiger partial charge is 0.144 e. The third kappa shape index (κ3) is 6.48. The van der Waals surface area contributed by atoms with Gasteiger partial charge in [-0.2, -0.15) is 0 Å². The van der Waals surface area contributed by atoms with Crippen molar-refractivity contribution in [1.29, 1.82) is 0 Å². The number of nitrogens with zero attached hydrogens (tertiary/aromatic N) is 1. The van der Waals surface area contributed by atoms with E-state index in [9.17, 15) is 5.11 Å². The van der Waals surface area contributed by atoms with Crippen molar-refractivity contribution in [2.45, 2.75) is 46.6 Å². The van der Waals surface area contributed by atoms with Gasteiger partial charge in [0.15, 0.2) is 0 Å². The summed E-state index contributed by atoms with van der Waals surface area (Å²) < 4.78 is 0. The van der Waals surface area contributed by atoms with Crippen molar-refractivity contribution < 1.29 is 10.3 Å². The average molecular weight is 245 g/mol. The van der Waals surface area contributed by atoms with E-state index in [-0.39, 0.29) is 23.9 Å². The molecular formula is C12H27N3O2. The van der Waals surface area contributed by atoms with Crippen molar-refractivity contribution in [3.63, 3.8) is 0 Å². The lowest BCUT2D eigenvalue weighted by Gasteiger charge is -2.25. The van der Waals surface area contributed by atoms with Gasteiger partial charge in [-0.1, -0.05) is 32.9 Å². The van der Waals surface area contributed by atoms with Gasteiger partial charge in [0.1, 0.15) is 5.84 Å².